The molecule has 3 N–H and O–H groups in total. The Kier molecular flexibility index (Phi) is 6.84. The van der Waals surface area contributed by atoms with Crippen LogP contribution in [-0.4, -0.2) is 41.8 Å². The fourth-order valence-electron chi connectivity index (χ4n) is 2.66. The Bertz CT molecular complexity index is 706. The third-order valence-electron chi connectivity index (χ3n) is 3.92. The Balaban J connectivity index is 1.79. The van der Waals surface area contributed by atoms with Crippen LogP contribution in [0.25, 0.3) is 6.08 Å². The molecule has 25 heavy (non-hydrogen) atoms. The number of nitrogens with zero attached hydrogens (tertiary/aromatic N) is 1. The number of amides is 3. The molecule has 0 radical (unpaired) electrons. The molecule has 8 heteroatoms. The van der Waals surface area contributed by atoms with E-state index in [-0.39, 0.29) is 24.8 Å². The first-order valence-corrected chi connectivity index (χ1v) is 8.64. The number of benzene rings is 1. The molecule has 1 saturated heterocycles. The molecule has 0 aliphatic carbocycles. The van der Waals surface area contributed by atoms with Crippen LogP contribution in [0, 0.1) is 0 Å². The van der Waals surface area contributed by atoms with Gasteiger partial charge in [0.15, 0.2) is 0 Å². The monoisotopic (exact) mass is 383 g/mol. The van der Waals surface area contributed by atoms with Crippen molar-refractivity contribution < 1.29 is 14.4 Å². The van der Waals surface area contributed by atoms with Crippen molar-refractivity contribution in [2.45, 2.75) is 25.3 Å². The van der Waals surface area contributed by atoms with E-state index in [0.29, 0.717) is 28.6 Å². The second-order valence-corrected chi connectivity index (χ2v) is 6.53. The van der Waals surface area contributed by atoms with Crippen LogP contribution in [0.1, 0.15) is 24.8 Å². The van der Waals surface area contributed by atoms with Gasteiger partial charge >= 0.3 is 0 Å². The van der Waals surface area contributed by atoms with Crippen LogP contribution in [0.15, 0.2) is 24.3 Å². The fourth-order valence-corrected chi connectivity index (χ4v) is 3.13. The molecule has 2 rings (SSSR count). The smallest absolute Gasteiger partial charge is 0.244 e. The van der Waals surface area contributed by atoms with Crippen molar-refractivity contribution >= 4 is 47.0 Å². The highest BCUT2D eigenvalue weighted by Crippen LogP contribution is 2.22. The Morgan fingerprint density at radius 3 is 2.76 bits per heavy atom. The summed E-state index contributed by atoms with van der Waals surface area (Å²) >= 11 is 11.8. The van der Waals surface area contributed by atoms with Crippen LogP contribution in [0.5, 0.6) is 0 Å². The van der Waals surface area contributed by atoms with Gasteiger partial charge in [-0.25, -0.2) is 0 Å². The number of carbonyl (C=O) groups excluding carboxylic acids is 3. The molecule has 1 aliphatic rings. The molecular weight excluding hydrogens is 365 g/mol. The molecule has 1 aromatic carbocycles. The van der Waals surface area contributed by atoms with Gasteiger partial charge in [-0.3, -0.25) is 14.4 Å². The van der Waals surface area contributed by atoms with Gasteiger partial charge in [-0.1, -0.05) is 29.3 Å². The maximum atomic E-state index is 12.1. The van der Waals surface area contributed by atoms with Crippen LogP contribution < -0.4 is 11.1 Å². The van der Waals surface area contributed by atoms with Crippen LogP contribution in [-0.2, 0) is 14.4 Å². The van der Waals surface area contributed by atoms with E-state index in [9.17, 15) is 14.4 Å². The zero-order valence-electron chi connectivity index (χ0n) is 13.5. The number of halogens is 2. The molecule has 6 nitrogen and oxygen atoms in total. The molecule has 1 atom stereocenters. The summed E-state index contributed by atoms with van der Waals surface area (Å²) in [7, 11) is 0. The van der Waals surface area contributed by atoms with E-state index in [1.54, 1.807) is 24.3 Å². The van der Waals surface area contributed by atoms with Gasteiger partial charge in [-0.15, -0.1) is 0 Å². The topological polar surface area (TPSA) is 92.5 Å². The van der Waals surface area contributed by atoms with Crippen molar-refractivity contribution in [3.63, 3.8) is 0 Å². The predicted octanol–water partition coefficient (Wildman–Crippen LogP) is 1.99. The molecule has 1 heterocycles. The average molecular weight is 384 g/mol. The molecular formula is C17H19Cl2N3O3. The summed E-state index contributed by atoms with van der Waals surface area (Å²) < 4.78 is 0. The summed E-state index contributed by atoms with van der Waals surface area (Å²) in [4.78, 5) is 36.7. The highest BCUT2D eigenvalue weighted by atomic mass is 35.5. The van der Waals surface area contributed by atoms with Gasteiger partial charge in [0.25, 0.3) is 0 Å². The minimum Gasteiger partial charge on any atom is -0.368 e. The van der Waals surface area contributed by atoms with Gasteiger partial charge in [-0.05, 0) is 36.6 Å². The maximum Gasteiger partial charge on any atom is 0.244 e. The minimum atomic E-state index is -0.532. The highest BCUT2D eigenvalue weighted by Gasteiger charge is 2.32. The van der Waals surface area contributed by atoms with E-state index in [4.69, 9.17) is 28.9 Å². The van der Waals surface area contributed by atoms with Gasteiger partial charge in [-0.2, -0.15) is 0 Å². The number of hydrogen-bond donors (Lipinski definition) is 2. The molecule has 1 fully saturated rings. The third-order valence-corrected chi connectivity index (χ3v) is 4.48. The molecule has 1 aliphatic heterocycles. The summed E-state index contributed by atoms with van der Waals surface area (Å²) in [6, 6.07) is 4.43. The third kappa shape index (κ3) is 5.47. The number of hydrogen-bond acceptors (Lipinski definition) is 3. The summed E-state index contributed by atoms with van der Waals surface area (Å²) in [6.45, 7) is 0.702. The van der Waals surface area contributed by atoms with Gasteiger partial charge < -0.3 is 16.0 Å². The first-order valence-electron chi connectivity index (χ1n) is 7.88. The lowest BCUT2D eigenvalue weighted by Crippen LogP contribution is -2.44. The van der Waals surface area contributed by atoms with Crippen molar-refractivity contribution in [3.8, 4) is 0 Å². The zero-order valence-corrected chi connectivity index (χ0v) is 15.0. The van der Waals surface area contributed by atoms with E-state index in [0.717, 1.165) is 6.42 Å². The Morgan fingerprint density at radius 1 is 1.32 bits per heavy atom. The molecule has 0 saturated carbocycles. The van der Waals surface area contributed by atoms with Crippen molar-refractivity contribution in [1.29, 1.82) is 0 Å². The van der Waals surface area contributed by atoms with Gasteiger partial charge in [0.2, 0.25) is 17.7 Å². The Morgan fingerprint density at radius 2 is 2.08 bits per heavy atom. The fraction of sp³-hybridized carbons (Fsp3) is 0.353. The normalized spacial score (nSPS) is 17.0. The van der Waals surface area contributed by atoms with Crippen molar-refractivity contribution in [2.75, 3.05) is 13.1 Å². The number of nitrogens with two attached hydrogens (primary N) is 1. The van der Waals surface area contributed by atoms with Crippen LogP contribution in [0.2, 0.25) is 10.0 Å². The number of rotatable bonds is 6. The standard InChI is InChI=1S/C17H19Cl2N3O3/c18-12-5-3-11(13(19)10-12)4-6-15(23)21-8-7-16(24)22-9-1-2-14(22)17(20)25/h3-6,10,14H,1-2,7-9H2,(H2,20,25)(H,21,23)/b6-4+. The van der Waals surface area contributed by atoms with Crippen LogP contribution in [0.4, 0.5) is 0 Å². The molecule has 3 amide bonds. The van der Waals surface area contributed by atoms with E-state index >= 15 is 0 Å². The van der Waals surface area contributed by atoms with E-state index in [1.807, 2.05) is 0 Å². The minimum absolute atomic E-state index is 0.116. The molecule has 0 aromatic heterocycles. The number of nitrogens with one attached hydrogen (secondary N) is 1. The SMILES string of the molecule is NC(=O)C1CCCN1C(=O)CCNC(=O)/C=C/c1ccc(Cl)cc1Cl. The van der Waals surface area contributed by atoms with Gasteiger partial charge in [0.1, 0.15) is 6.04 Å². The van der Waals surface area contributed by atoms with Crippen LogP contribution >= 0.6 is 23.2 Å². The van der Waals surface area contributed by atoms with Crippen molar-refractivity contribution in [2.24, 2.45) is 5.73 Å². The Hall–Kier alpha value is -2.05. The summed E-state index contributed by atoms with van der Waals surface area (Å²) in [6.07, 6.45) is 4.38. The largest absolute Gasteiger partial charge is 0.368 e. The molecule has 1 aromatic rings. The summed E-state index contributed by atoms with van der Waals surface area (Å²) in [5.74, 6) is -1.02. The maximum absolute atomic E-state index is 12.1. The second kappa shape index (κ2) is 8.87. The lowest BCUT2D eigenvalue weighted by atomic mass is 10.2. The predicted molar refractivity (Wildman–Crippen MR) is 97.1 cm³/mol. The lowest BCUT2D eigenvalue weighted by Gasteiger charge is -2.22. The Labute approximate surface area is 155 Å². The number of primary amides is 1. The summed E-state index contributed by atoms with van der Waals surface area (Å²) in [5, 5.41) is 3.58. The molecule has 0 bridgehead atoms. The van der Waals surface area contributed by atoms with E-state index in [2.05, 4.69) is 5.32 Å². The molecule has 1 unspecified atom stereocenters. The zero-order chi connectivity index (χ0) is 18.4. The van der Waals surface area contributed by atoms with Gasteiger partial charge in [0, 0.05) is 35.6 Å². The highest BCUT2D eigenvalue weighted by molar-refractivity contribution is 6.35. The van der Waals surface area contributed by atoms with E-state index < -0.39 is 11.9 Å². The quantitative estimate of drug-likeness (QED) is 0.735. The first kappa shape index (κ1) is 19.3. The first-order chi connectivity index (χ1) is 11.9. The summed E-state index contributed by atoms with van der Waals surface area (Å²) in [5.41, 5.74) is 5.95. The van der Waals surface area contributed by atoms with Crippen molar-refractivity contribution in [3.05, 3.63) is 39.9 Å². The number of likely N-dealkylation sites (tertiary alicyclic amines) is 1. The van der Waals surface area contributed by atoms with Crippen molar-refractivity contribution in [1.82, 2.24) is 10.2 Å². The lowest BCUT2D eigenvalue weighted by molar-refractivity contribution is -0.137. The van der Waals surface area contributed by atoms with Gasteiger partial charge in [0.05, 0.1) is 0 Å². The van der Waals surface area contributed by atoms with Crippen LogP contribution in [0.3, 0.4) is 0 Å². The molecule has 0 spiro atoms. The average Bonchev–Trinajstić information content (AvgIpc) is 3.04. The van der Waals surface area contributed by atoms with E-state index in [1.165, 1.54) is 11.0 Å². The molecule has 134 valence electrons. The number of carbonyl (C=O) groups is 3. The second-order valence-electron chi connectivity index (χ2n) is 5.69.